The molecule has 19 heavy (non-hydrogen) atoms. The molecule has 2 aromatic rings. The van der Waals surface area contributed by atoms with Crippen molar-refractivity contribution in [3.8, 4) is 0 Å². The van der Waals surface area contributed by atoms with Gasteiger partial charge in [0, 0.05) is 11.0 Å². The summed E-state index contributed by atoms with van der Waals surface area (Å²) in [6.45, 7) is 6.75. The number of aryl methyl sites for hydroxylation is 3. The van der Waals surface area contributed by atoms with Crippen LogP contribution >= 0.6 is 15.9 Å². The molecule has 0 heterocycles. The van der Waals surface area contributed by atoms with Crippen LogP contribution in [-0.4, -0.2) is 0 Å². The van der Waals surface area contributed by atoms with Crippen LogP contribution < -0.4 is 5.32 Å². The Morgan fingerprint density at radius 1 is 1.05 bits per heavy atom. The van der Waals surface area contributed by atoms with Crippen LogP contribution in [0.5, 0.6) is 0 Å². The van der Waals surface area contributed by atoms with Crippen LogP contribution in [0.4, 0.5) is 10.1 Å². The van der Waals surface area contributed by atoms with Gasteiger partial charge in [0.1, 0.15) is 5.82 Å². The fourth-order valence-electron chi connectivity index (χ4n) is 2.15. The smallest absolute Gasteiger partial charge is 0.123 e. The van der Waals surface area contributed by atoms with E-state index in [9.17, 15) is 4.39 Å². The van der Waals surface area contributed by atoms with E-state index in [1.807, 2.05) is 13.0 Å². The summed E-state index contributed by atoms with van der Waals surface area (Å²) >= 11 is 3.57. The van der Waals surface area contributed by atoms with E-state index in [1.54, 1.807) is 6.07 Å². The van der Waals surface area contributed by atoms with Crippen LogP contribution in [-0.2, 0) is 6.54 Å². The van der Waals surface area contributed by atoms with Crippen molar-refractivity contribution in [3.63, 3.8) is 0 Å². The number of halogens is 2. The highest BCUT2D eigenvalue weighted by Crippen LogP contribution is 2.28. The Hall–Kier alpha value is -1.35. The molecule has 0 aromatic heterocycles. The summed E-state index contributed by atoms with van der Waals surface area (Å²) in [5, 5.41) is 3.38. The third-order valence-electron chi connectivity index (χ3n) is 3.20. The molecule has 0 saturated carbocycles. The highest BCUT2D eigenvalue weighted by atomic mass is 79.9. The van der Waals surface area contributed by atoms with Crippen molar-refractivity contribution in [2.45, 2.75) is 27.3 Å². The summed E-state index contributed by atoms with van der Waals surface area (Å²) < 4.78 is 14.3. The minimum absolute atomic E-state index is 0.193. The predicted octanol–water partition coefficient (Wildman–Crippen LogP) is 5.13. The first-order valence-corrected chi connectivity index (χ1v) is 7.02. The van der Waals surface area contributed by atoms with Gasteiger partial charge in [-0.2, -0.15) is 0 Å². The molecule has 1 nitrogen and oxygen atoms in total. The molecule has 2 aromatic carbocycles. The Labute approximate surface area is 122 Å². The second kappa shape index (κ2) is 5.74. The standard InChI is InChI=1S/C16H17BrFN/c1-10-6-12(3)16(15(17)7-10)19-9-13-8-14(18)5-4-11(13)2/h4-8,19H,9H2,1-3H3. The van der Waals surface area contributed by atoms with E-state index in [1.165, 1.54) is 17.2 Å². The Morgan fingerprint density at radius 2 is 1.79 bits per heavy atom. The number of benzene rings is 2. The molecule has 2 rings (SSSR count). The van der Waals surface area contributed by atoms with Gasteiger partial charge < -0.3 is 5.32 Å². The van der Waals surface area contributed by atoms with Gasteiger partial charge in [-0.3, -0.25) is 0 Å². The van der Waals surface area contributed by atoms with E-state index in [2.05, 4.69) is 47.2 Å². The lowest BCUT2D eigenvalue weighted by Crippen LogP contribution is -2.04. The minimum Gasteiger partial charge on any atom is -0.380 e. The Morgan fingerprint density at radius 3 is 2.47 bits per heavy atom. The van der Waals surface area contributed by atoms with Crippen LogP contribution in [0.1, 0.15) is 22.3 Å². The molecule has 0 aliphatic heterocycles. The summed E-state index contributed by atoms with van der Waals surface area (Å²) in [4.78, 5) is 0. The quantitative estimate of drug-likeness (QED) is 0.826. The third kappa shape index (κ3) is 3.35. The van der Waals surface area contributed by atoms with Crippen LogP contribution in [0.2, 0.25) is 0 Å². The monoisotopic (exact) mass is 321 g/mol. The fraction of sp³-hybridized carbons (Fsp3) is 0.250. The molecule has 0 amide bonds. The molecule has 0 bridgehead atoms. The van der Waals surface area contributed by atoms with Gasteiger partial charge in [0.25, 0.3) is 0 Å². The van der Waals surface area contributed by atoms with Crippen LogP contribution in [0, 0.1) is 26.6 Å². The molecule has 100 valence electrons. The Kier molecular flexibility index (Phi) is 4.25. The zero-order valence-electron chi connectivity index (χ0n) is 11.3. The Balaban J connectivity index is 2.21. The predicted molar refractivity (Wildman–Crippen MR) is 82.1 cm³/mol. The number of anilines is 1. The van der Waals surface area contributed by atoms with Crippen molar-refractivity contribution in [1.82, 2.24) is 0 Å². The zero-order chi connectivity index (χ0) is 14.0. The maximum Gasteiger partial charge on any atom is 0.123 e. The second-order valence-electron chi connectivity index (χ2n) is 4.86. The molecule has 0 fully saturated rings. The minimum atomic E-state index is -0.193. The van der Waals surface area contributed by atoms with E-state index in [0.717, 1.165) is 21.3 Å². The van der Waals surface area contributed by atoms with E-state index >= 15 is 0 Å². The van der Waals surface area contributed by atoms with Gasteiger partial charge in [-0.15, -0.1) is 0 Å². The van der Waals surface area contributed by atoms with Crippen molar-refractivity contribution in [2.75, 3.05) is 5.32 Å². The van der Waals surface area contributed by atoms with Gasteiger partial charge in [0.15, 0.2) is 0 Å². The molecule has 3 heteroatoms. The molecule has 0 radical (unpaired) electrons. The molecule has 1 N–H and O–H groups in total. The summed E-state index contributed by atoms with van der Waals surface area (Å²) in [6, 6.07) is 9.09. The molecule has 0 unspecified atom stereocenters. The first kappa shape index (κ1) is 14.1. The molecule has 0 aliphatic rings. The number of hydrogen-bond donors (Lipinski definition) is 1. The highest BCUT2D eigenvalue weighted by molar-refractivity contribution is 9.10. The second-order valence-corrected chi connectivity index (χ2v) is 5.72. The SMILES string of the molecule is Cc1cc(C)c(NCc2cc(F)ccc2C)c(Br)c1. The lowest BCUT2D eigenvalue weighted by molar-refractivity contribution is 0.625. The van der Waals surface area contributed by atoms with E-state index in [0.29, 0.717) is 6.54 Å². The molecule has 0 atom stereocenters. The highest BCUT2D eigenvalue weighted by Gasteiger charge is 2.06. The van der Waals surface area contributed by atoms with Crippen LogP contribution in [0.25, 0.3) is 0 Å². The molecule has 0 saturated heterocycles. The molecule has 0 aliphatic carbocycles. The van der Waals surface area contributed by atoms with Crippen molar-refractivity contribution >= 4 is 21.6 Å². The summed E-state index contributed by atoms with van der Waals surface area (Å²) in [7, 11) is 0. The summed E-state index contributed by atoms with van der Waals surface area (Å²) in [6.07, 6.45) is 0. The van der Waals surface area contributed by atoms with Crippen molar-refractivity contribution in [3.05, 3.63) is 62.9 Å². The maximum absolute atomic E-state index is 13.2. The first-order valence-electron chi connectivity index (χ1n) is 6.23. The van der Waals surface area contributed by atoms with Crippen molar-refractivity contribution in [2.24, 2.45) is 0 Å². The largest absolute Gasteiger partial charge is 0.380 e. The fourth-order valence-corrected chi connectivity index (χ4v) is 2.97. The molecule has 0 spiro atoms. The maximum atomic E-state index is 13.2. The van der Waals surface area contributed by atoms with E-state index < -0.39 is 0 Å². The van der Waals surface area contributed by atoms with Gasteiger partial charge in [-0.1, -0.05) is 12.1 Å². The van der Waals surface area contributed by atoms with Gasteiger partial charge in [-0.05, 0) is 77.2 Å². The average molecular weight is 322 g/mol. The van der Waals surface area contributed by atoms with Gasteiger partial charge in [-0.25, -0.2) is 4.39 Å². The van der Waals surface area contributed by atoms with Gasteiger partial charge in [0.05, 0.1) is 5.69 Å². The van der Waals surface area contributed by atoms with E-state index in [-0.39, 0.29) is 5.82 Å². The molecular formula is C16H17BrFN. The lowest BCUT2D eigenvalue weighted by Gasteiger charge is -2.14. The van der Waals surface area contributed by atoms with Crippen LogP contribution in [0.3, 0.4) is 0 Å². The van der Waals surface area contributed by atoms with Crippen molar-refractivity contribution in [1.29, 1.82) is 0 Å². The number of rotatable bonds is 3. The van der Waals surface area contributed by atoms with E-state index in [4.69, 9.17) is 0 Å². The molecular weight excluding hydrogens is 305 g/mol. The zero-order valence-corrected chi connectivity index (χ0v) is 12.9. The summed E-state index contributed by atoms with van der Waals surface area (Å²) in [5.41, 5.74) is 5.54. The topological polar surface area (TPSA) is 12.0 Å². The average Bonchev–Trinajstić information content (AvgIpc) is 2.32. The number of nitrogens with one attached hydrogen (secondary N) is 1. The lowest BCUT2D eigenvalue weighted by atomic mass is 10.1. The Bertz CT molecular complexity index is 585. The third-order valence-corrected chi connectivity index (χ3v) is 3.82. The number of hydrogen-bond acceptors (Lipinski definition) is 1. The van der Waals surface area contributed by atoms with Crippen molar-refractivity contribution < 1.29 is 4.39 Å². The summed E-state index contributed by atoms with van der Waals surface area (Å²) in [5.74, 6) is -0.193. The van der Waals surface area contributed by atoms with Gasteiger partial charge >= 0.3 is 0 Å². The van der Waals surface area contributed by atoms with Gasteiger partial charge in [0.2, 0.25) is 0 Å². The van der Waals surface area contributed by atoms with Crippen LogP contribution in [0.15, 0.2) is 34.8 Å². The normalized spacial score (nSPS) is 10.6. The first-order chi connectivity index (χ1) is 8.97.